The Morgan fingerprint density at radius 2 is 1.30 bits per heavy atom. The van der Waals surface area contributed by atoms with E-state index in [9.17, 15) is 9.59 Å². The van der Waals surface area contributed by atoms with E-state index < -0.39 is 11.9 Å². The standard InChI is InChI=1S/C10H10O3.C7H6O3.C3H5Br/c1-2-7-13-9-5-3-8(4-6-9)10(11)12;8-6-3-1-5(2-4-6)7(9)10;1-2-3-4/h2-6H,1,7H2,(H,11,12);1-4,8H,(H,9,10);2H,1,3H2. The number of carbonyl (C=O) groups is 2. The smallest absolute Gasteiger partial charge is 0.335 e. The summed E-state index contributed by atoms with van der Waals surface area (Å²) >= 11 is 3.13. The number of aromatic hydroxyl groups is 1. The molecule has 0 unspecified atom stereocenters. The van der Waals surface area contributed by atoms with E-state index in [1.165, 1.54) is 36.4 Å². The van der Waals surface area contributed by atoms with Crippen molar-refractivity contribution in [1.82, 2.24) is 0 Å². The minimum Gasteiger partial charge on any atom is -0.508 e. The molecule has 2 aromatic carbocycles. The number of hydrogen-bond donors (Lipinski definition) is 3. The number of rotatable bonds is 6. The van der Waals surface area contributed by atoms with E-state index in [-0.39, 0.29) is 16.9 Å². The van der Waals surface area contributed by atoms with Gasteiger partial charge >= 0.3 is 11.9 Å². The molecule has 0 heterocycles. The highest BCUT2D eigenvalue weighted by molar-refractivity contribution is 9.09. The van der Waals surface area contributed by atoms with E-state index in [4.69, 9.17) is 20.1 Å². The number of carboxylic acids is 2. The Balaban J connectivity index is 0.000000428. The molecule has 0 spiro atoms. The van der Waals surface area contributed by atoms with Crippen LogP contribution in [-0.2, 0) is 0 Å². The van der Waals surface area contributed by atoms with Gasteiger partial charge in [0.05, 0.1) is 11.1 Å². The fraction of sp³-hybridized carbons (Fsp3) is 0.100. The van der Waals surface area contributed by atoms with Gasteiger partial charge < -0.3 is 20.1 Å². The van der Waals surface area contributed by atoms with Gasteiger partial charge in [0, 0.05) is 5.33 Å². The molecule has 0 radical (unpaired) electrons. The Morgan fingerprint density at radius 3 is 1.63 bits per heavy atom. The van der Waals surface area contributed by atoms with Crippen LogP contribution in [0.15, 0.2) is 73.8 Å². The predicted octanol–water partition coefficient (Wildman–Crippen LogP) is 4.61. The molecule has 0 aromatic heterocycles. The Kier molecular flexibility index (Phi) is 12.5. The number of aromatic carboxylic acids is 2. The van der Waals surface area contributed by atoms with Gasteiger partial charge in [-0.05, 0) is 48.5 Å². The summed E-state index contributed by atoms with van der Waals surface area (Å²) in [5.41, 5.74) is 0.434. The van der Waals surface area contributed by atoms with Crippen LogP contribution in [0.1, 0.15) is 20.7 Å². The maximum atomic E-state index is 10.5. The van der Waals surface area contributed by atoms with Crippen molar-refractivity contribution in [2.24, 2.45) is 0 Å². The molecule has 0 saturated carbocycles. The van der Waals surface area contributed by atoms with Gasteiger partial charge in [-0.2, -0.15) is 0 Å². The summed E-state index contributed by atoms with van der Waals surface area (Å²) in [6.45, 7) is 7.36. The topological polar surface area (TPSA) is 104 Å². The quantitative estimate of drug-likeness (QED) is 0.451. The average Bonchev–Trinajstić information content (AvgIpc) is 2.67. The predicted molar refractivity (Wildman–Crippen MR) is 108 cm³/mol. The number of carboxylic acid groups (broad SMARTS) is 2. The average molecular weight is 437 g/mol. The maximum absolute atomic E-state index is 10.5. The van der Waals surface area contributed by atoms with Crippen LogP contribution in [0, 0.1) is 0 Å². The fourth-order valence-electron chi connectivity index (χ4n) is 1.45. The largest absolute Gasteiger partial charge is 0.508 e. The zero-order valence-corrected chi connectivity index (χ0v) is 16.1. The summed E-state index contributed by atoms with van der Waals surface area (Å²) in [4.78, 5) is 20.7. The summed E-state index contributed by atoms with van der Waals surface area (Å²) < 4.78 is 5.18. The summed E-state index contributed by atoms with van der Waals surface area (Å²) in [7, 11) is 0. The van der Waals surface area contributed by atoms with Gasteiger partial charge in [0.25, 0.3) is 0 Å². The molecule has 0 saturated heterocycles. The molecule has 6 nitrogen and oxygen atoms in total. The third-order valence-corrected chi connectivity index (χ3v) is 3.15. The molecule has 0 aliphatic carbocycles. The molecular formula is C20H21BrO6. The van der Waals surface area contributed by atoms with E-state index >= 15 is 0 Å². The minimum absolute atomic E-state index is 0.0741. The maximum Gasteiger partial charge on any atom is 0.335 e. The molecule has 27 heavy (non-hydrogen) atoms. The molecule has 0 fully saturated rings. The van der Waals surface area contributed by atoms with Crippen LogP contribution in [0.3, 0.4) is 0 Å². The van der Waals surface area contributed by atoms with E-state index in [0.29, 0.717) is 12.4 Å². The van der Waals surface area contributed by atoms with Gasteiger partial charge in [0.2, 0.25) is 0 Å². The van der Waals surface area contributed by atoms with Crippen molar-refractivity contribution >= 4 is 27.9 Å². The number of halogens is 1. The molecule has 3 N–H and O–H groups in total. The molecule has 0 amide bonds. The first kappa shape index (κ1) is 23.9. The lowest BCUT2D eigenvalue weighted by atomic mass is 10.2. The van der Waals surface area contributed by atoms with Crippen molar-refractivity contribution in [3.63, 3.8) is 0 Å². The third-order valence-electron chi connectivity index (χ3n) is 2.69. The van der Waals surface area contributed by atoms with Crippen molar-refractivity contribution in [1.29, 1.82) is 0 Å². The first-order valence-corrected chi connectivity index (χ1v) is 8.74. The van der Waals surface area contributed by atoms with Crippen LogP contribution in [0.2, 0.25) is 0 Å². The monoisotopic (exact) mass is 436 g/mol. The summed E-state index contributed by atoms with van der Waals surface area (Å²) in [6, 6.07) is 11.6. The van der Waals surface area contributed by atoms with Gasteiger partial charge in [0.15, 0.2) is 0 Å². The third kappa shape index (κ3) is 11.2. The van der Waals surface area contributed by atoms with Crippen LogP contribution < -0.4 is 4.74 Å². The van der Waals surface area contributed by atoms with Gasteiger partial charge in [-0.25, -0.2) is 9.59 Å². The SMILES string of the molecule is C=CCBr.C=CCOc1ccc(C(=O)O)cc1.O=C(O)c1ccc(O)cc1. The van der Waals surface area contributed by atoms with Crippen LogP contribution in [0.5, 0.6) is 11.5 Å². The molecule has 7 heteroatoms. The molecule has 0 aliphatic rings. The van der Waals surface area contributed by atoms with E-state index in [1.807, 2.05) is 0 Å². The number of hydrogen-bond acceptors (Lipinski definition) is 4. The van der Waals surface area contributed by atoms with Crippen molar-refractivity contribution < 1.29 is 29.6 Å². The number of allylic oxidation sites excluding steroid dienone is 1. The highest BCUT2D eigenvalue weighted by Crippen LogP contribution is 2.12. The first-order chi connectivity index (χ1) is 12.8. The number of ether oxygens (including phenoxy) is 1. The van der Waals surface area contributed by atoms with Crippen molar-refractivity contribution in [2.45, 2.75) is 0 Å². The summed E-state index contributed by atoms with van der Waals surface area (Å²) in [5, 5.41) is 26.6. The molecular weight excluding hydrogens is 416 g/mol. The second-order valence-corrected chi connectivity index (χ2v) is 5.37. The fourth-order valence-corrected chi connectivity index (χ4v) is 1.45. The lowest BCUT2D eigenvalue weighted by molar-refractivity contribution is 0.0686. The van der Waals surface area contributed by atoms with Crippen LogP contribution in [-0.4, -0.2) is 39.2 Å². The van der Waals surface area contributed by atoms with Crippen LogP contribution in [0.4, 0.5) is 0 Å². The summed E-state index contributed by atoms with van der Waals surface area (Å²) in [5.74, 6) is -1.20. The number of benzene rings is 2. The van der Waals surface area contributed by atoms with E-state index in [2.05, 4.69) is 29.1 Å². The molecule has 144 valence electrons. The Hall–Kier alpha value is -3.06. The van der Waals surface area contributed by atoms with Crippen molar-refractivity contribution in [2.75, 3.05) is 11.9 Å². The van der Waals surface area contributed by atoms with Crippen molar-refractivity contribution in [3.8, 4) is 11.5 Å². The zero-order valence-electron chi connectivity index (χ0n) is 14.5. The minimum atomic E-state index is -0.986. The van der Waals surface area contributed by atoms with Gasteiger partial charge in [-0.15, -0.1) is 6.58 Å². The Morgan fingerprint density at radius 1 is 0.889 bits per heavy atom. The molecule has 2 aromatic rings. The zero-order chi connectivity index (χ0) is 20.7. The van der Waals surface area contributed by atoms with Crippen LogP contribution in [0.25, 0.3) is 0 Å². The Bertz CT molecular complexity index is 723. The lowest BCUT2D eigenvalue weighted by Gasteiger charge is -2.02. The molecule has 2 rings (SSSR count). The van der Waals surface area contributed by atoms with Crippen LogP contribution >= 0.6 is 15.9 Å². The van der Waals surface area contributed by atoms with E-state index in [1.54, 1.807) is 24.3 Å². The summed E-state index contributed by atoms with van der Waals surface area (Å²) in [6.07, 6.45) is 3.42. The first-order valence-electron chi connectivity index (χ1n) is 7.61. The number of alkyl halides is 1. The molecule has 0 aliphatic heterocycles. The number of phenols is 1. The second-order valence-electron chi connectivity index (χ2n) is 4.72. The van der Waals surface area contributed by atoms with Gasteiger partial charge in [-0.3, -0.25) is 0 Å². The van der Waals surface area contributed by atoms with Gasteiger partial charge in [0.1, 0.15) is 18.1 Å². The highest BCUT2D eigenvalue weighted by atomic mass is 79.9. The lowest BCUT2D eigenvalue weighted by Crippen LogP contribution is -1.97. The van der Waals surface area contributed by atoms with Gasteiger partial charge in [-0.1, -0.05) is 34.7 Å². The Labute approximate surface area is 166 Å². The highest BCUT2D eigenvalue weighted by Gasteiger charge is 2.01. The van der Waals surface area contributed by atoms with E-state index in [0.717, 1.165) is 5.33 Å². The number of phenolic OH excluding ortho intramolecular Hbond substituents is 1. The molecule has 0 bridgehead atoms. The molecule has 0 atom stereocenters. The normalized spacial score (nSPS) is 8.78. The van der Waals surface area contributed by atoms with Crippen molar-refractivity contribution in [3.05, 3.63) is 85.0 Å². The second kappa shape index (κ2) is 14.1.